The van der Waals surface area contributed by atoms with Crippen molar-refractivity contribution in [3.63, 3.8) is 0 Å². The van der Waals surface area contributed by atoms with Crippen LogP contribution in [0.3, 0.4) is 0 Å². The number of benzene rings is 1. The molecule has 1 aromatic carbocycles. The van der Waals surface area contributed by atoms with Crippen LogP contribution >= 0.6 is 11.3 Å². The molecule has 0 spiro atoms. The van der Waals surface area contributed by atoms with Gasteiger partial charge in [-0.2, -0.15) is 0 Å². The number of amides is 2. The van der Waals surface area contributed by atoms with Gasteiger partial charge in [0.05, 0.1) is 38.0 Å². The Kier molecular flexibility index (Phi) is 9.65. The molecule has 2 saturated heterocycles. The number of nitrogens with zero attached hydrogens (tertiary/aromatic N) is 6. The van der Waals surface area contributed by atoms with Crippen molar-refractivity contribution in [2.75, 3.05) is 91.2 Å². The van der Waals surface area contributed by atoms with Gasteiger partial charge >= 0.3 is 0 Å². The summed E-state index contributed by atoms with van der Waals surface area (Å²) in [6.45, 7) is 6.76. The number of methoxy groups -OCH3 is 2. The molecule has 0 aliphatic carbocycles. The minimum atomic E-state index is -0.0934. The van der Waals surface area contributed by atoms with Crippen molar-refractivity contribution in [2.45, 2.75) is 0 Å². The molecule has 2 aliphatic rings. The molecule has 0 atom stereocenters. The lowest BCUT2D eigenvalue weighted by Crippen LogP contribution is -2.52. The van der Waals surface area contributed by atoms with Crippen molar-refractivity contribution in [3.8, 4) is 22.8 Å². The lowest BCUT2D eigenvalue weighted by Gasteiger charge is -2.36. The Labute approximate surface area is 244 Å². The molecular formula is C29H36N6O5S. The van der Waals surface area contributed by atoms with E-state index in [1.54, 1.807) is 19.1 Å². The third-order valence-corrected chi connectivity index (χ3v) is 8.28. The quantitative estimate of drug-likeness (QED) is 0.358. The fraction of sp³-hybridized carbons (Fsp3) is 0.448. The SMILES string of the molecule is COc1ccc(-c2ccc(N3CCN(C(=O)CN(CCN4CCOCC4)C(=O)c4cccs4)CC3)nn2)c(OC)c1. The third kappa shape index (κ3) is 7.13. The van der Waals surface area contributed by atoms with Gasteiger partial charge in [-0.05, 0) is 35.7 Å². The van der Waals surface area contributed by atoms with Gasteiger partial charge in [-0.1, -0.05) is 6.07 Å². The van der Waals surface area contributed by atoms with Crippen LogP contribution in [0.2, 0.25) is 0 Å². The predicted molar refractivity (Wildman–Crippen MR) is 157 cm³/mol. The zero-order valence-corrected chi connectivity index (χ0v) is 24.3. The molecular weight excluding hydrogens is 544 g/mol. The lowest BCUT2D eigenvalue weighted by molar-refractivity contribution is -0.132. The van der Waals surface area contributed by atoms with Crippen LogP contribution in [0.15, 0.2) is 47.8 Å². The van der Waals surface area contributed by atoms with E-state index in [-0.39, 0.29) is 18.4 Å². The number of rotatable bonds is 10. The standard InChI is InChI=1S/C29H36N6O5S/c1-38-22-5-6-23(25(20-22)39-2)24-7-8-27(31-30-24)33-11-13-34(14-12-33)28(36)21-35(29(37)26-4-3-19-41-26)10-9-32-15-17-40-18-16-32/h3-8,19-20H,9-18,21H2,1-2H3. The minimum Gasteiger partial charge on any atom is -0.497 e. The van der Waals surface area contributed by atoms with E-state index in [0.717, 1.165) is 31.0 Å². The second-order valence-corrected chi connectivity index (χ2v) is 10.8. The molecule has 0 N–H and O–H groups in total. The van der Waals surface area contributed by atoms with Crippen molar-refractivity contribution in [2.24, 2.45) is 0 Å². The topological polar surface area (TPSA) is 101 Å². The molecule has 2 aliphatic heterocycles. The highest BCUT2D eigenvalue weighted by molar-refractivity contribution is 7.12. The first kappa shape index (κ1) is 28.8. The largest absolute Gasteiger partial charge is 0.497 e. The van der Waals surface area contributed by atoms with Crippen molar-refractivity contribution in [3.05, 3.63) is 52.7 Å². The number of morpholine rings is 1. The molecule has 12 heteroatoms. The fourth-order valence-electron chi connectivity index (χ4n) is 4.99. The summed E-state index contributed by atoms with van der Waals surface area (Å²) in [5.41, 5.74) is 1.53. The lowest BCUT2D eigenvalue weighted by atomic mass is 10.1. The molecule has 2 amide bonds. The molecule has 2 aromatic heterocycles. The number of hydrogen-bond acceptors (Lipinski definition) is 10. The Morgan fingerprint density at radius 1 is 0.976 bits per heavy atom. The van der Waals surface area contributed by atoms with Gasteiger partial charge in [0.2, 0.25) is 5.91 Å². The van der Waals surface area contributed by atoms with E-state index in [4.69, 9.17) is 14.2 Å². The van der Waals surface area contributed by atoms with Crippen molar-refractivity contribution in [1.29, 1.82) is 0 Å². The highest BCUT2D eigenvalue weighted by Crippen LogP contribution is 2.32. The molecule has 3 aromatic rings. The molecule has 5 rings (SSSR count). The Hall–Kier alpha value is -3.74. The van der Waals surface area contributed by atoms with Crippen molar-refractivity contribution >= 4 is 29.0 Å². The van der Waals surface area contributed by atoms with Gasteiger partial charge in [0.25, 0.3) is 5.91 Å². The van der Waals surface area contributed by atoms with Gasteiger partial charge in [-0.25, -0.2) is 0 Å². The van der Waals surface area contributed by atoms with Gasteiger partial charge in [-0.3, -0.25) is 14.5 Å². The molecule has 0 saturated carbocycles. The van der Waals surface area contributed by atoms with Crippen LogP contribution in [-0.4, -0.2) is 123 Å². The smallest absolute Gasteiger partial charge is 0.264 e. The van der Waals surface area contributed by atoms with Crippen LogP contribution in [0.4, 0.5) is 5.82 Å². The molecule has 0 bridgehead atoms. The molecule has 218 valence electrons. The Morgan fingerprint density at radius 2 is 1.78 bits per heavy atom. The highest BCUT2D eigenvalue weighted by atomic mass is 32.1. The summed E-state index contributed by atoms with van der Waals surface area (Å²) in [6, 6.07) is 13.1. The molecule has 2 fully saturated rings. The minimum absolute atomic E-state index is 0.0374. The number of carbonyl (C=O) groups is 2. The van der Waals surface area contributed by atoms with E-state index < -0.39 is 0 Å². The first-order chi connectivity index (χ1) is 20.1. The number of aromatic nitrogens is 2. The summed E-state index contributed by atoms with van der Waals surface area (Å²) in [6.07, 6.45) is 0. The fourth-order valence-corrected chi connectivity index (χ4v) is 5.68. The van der Waals surface area contributed by atoms with E-state index in [2.05, 4.69) is 20.0 Å². The van der Waals surface area contributed by atoms with Gasteiger partial charge in [0.1, 0.15) is 18.0 Å². The number of carbonyl (C=O) groups excluding carboxylic acids is 2. The van der Waals surface area contributed by atoms with Gasteiger partial charge in [-0.15, -0.1) is 21.5 Å². The summed E-state index contributed by atoms with van der Waals surface area (Å²) in [5, 5.41) is 10.8. The normalized spacial score (nSPS) is 16.0. The molecule has 4 heterocycles. The van der Waals surface area contributed by atoms with Crippen LogP contribution in [0, 0.1) is 0 Å². The zero-order valence-electron chi connectivity index (χ0n) is 23.5. The second-order valence-electron chi connectivity index (χ2n) is 9.87. The van der Waals surface area contributed by atoms with E-state index in [1.165, 1.54) is 11.3 Å². The molecule has 0 radical (unpaired) electrons. The predicted octanol–water partition coefficient (Wildman–Crippen LogP) is 2.35. The summed E-state index contributed by atoms with van der Waals surface area (Å²) in [7, 11) is 3.23. The number of anilines is 1. The Balaban J connectivity index is 1.17. The maximum atomic E-state index is 13.3. The molecule has 11 nitrogen and oxygen atoms in total. The van der Waals surface area contributed by atoms with Crippen molar-refractivity contribution in [1.82, 2.24) is 24.9 Å². The number of thiophene rings is 1. The van der Waals surface area contributed by atoms with Crippen LogP contribution in [0.5, 0.6) is 11.5 Å². The van der Waals surface area contributed by atoms with Crippen molar-refractivity contribution < 1.29 is 23.8 Å². The van der Waals surface area contributed by atoms with E-state index in [9.17, 15) is 9.59 Å². The number of ether oxygens (including phenoxy) is 3. The van der Waals surface area contributed by atoms with Gasteiger partial charge in [0, 0.05) is 64.0 Å². The zero-order chi connectivity index (χ0) is 28.6. The summed E-state index contributed by atoms with van der Waals surface area (Å²) < 4.78 is 16.2. The van der Waals surface area contributed by atoms with E-state index in [1.807, 2.05) is 52.7 Å². The maximum absolute atomic E-state index is 13.3. The first-order valence-corrected chi connectivity index (χ1v) is 14.7. The summed E-state index contributed by atoms with van der Waals surface area (Å²) >= 11 is 1.40. The van der Waals surface area contributed by atoms with Crippen LogP contribution in [0.1, 0.15) is 9.67 Å². The van der Waals surface area contributed by atoms with Crippen LogP contribution in [-0.2, 0) is 9.53 Å². The second kappa shape index (κ2) is 13.7. The third-order valence-electron chi connectivity index (χ3n) is 7.43. The average Bonchev–Trinajstić information content (AvgIpc) is 3.58. The number of piperazine rings is 1. The van der Waals surface area contributed by atoms with Gasteiger partial charge in [0.15, 0.2) is 5.82 Å². The van der Waals surface area contributed by atoms with Crippen LogP contribution < -0.4 is 14.4 Å². The average molecular weight is 581 g/mol. The summed E-state index contributed by atoms with van der Waals surface area (Å²) in [5.74, 6) is 2.00. The van der Waals surface area contributed by atoms with E-state index in [0.29, 0.717) is 68.0 Å². The highest BCUT2D eigenvalue weighted by Gasteiger charge is 2.27. The molecule has 41 heavy (non-hydrogen) atoms. The van der Waals surface area contributed by atoms with Crippen LogP contribution in [0.25, 0.3) is 11.3 Å². The maximum Gasteiger partial charge on any atom is 0.264 e. The summed E-state index contributed by atoms with van der Waals surface area (Å²) in [4.78, 5) is 35.1. The Bertz CT molecular complexity index is 1290. The van der Waals surface area contributed by atoms with E-state index >= 15 is 0 Å². The molecule has 0 unspecified atom stereocenters. The Morgan fingerprint density at radius 3 is 2.44 bits per heavy atom. The first-order valence-electron chi connectivity index (χ1n) is 13.8. The number of hydrogen-bond donors (Lipinski definition) is 0. The van der Waals surface area contributed by atoms with Gasteiger partial charge < -0.3 is 28.9 Å². The monoisotopic (exact) mass is 580 g/mol.